The molecule has 3 aromatic heterocycles. The number of anilines is 1. The van der Waals surface area contributed by atoms with E-state index in [0.29, 0.717) is 29.0 Å². The van der Waals surface area contributed by atoms with E-state index >= 15 is 0 Å². The summed E-state index contributed by atoms with van der Waals surface area (Å²) < 4.78 is 44.9. The Labute approximate surface area is 182 Å². The summed E-state index contributed by atoms with van der Waals surface area (Å²) in [5.41, 5.74) is 4.18. The number of halogens is 4. The number of pyridine rings is 1. The van der Waals surface area contributed by atoms with Gasteiger partial charge in [-0.25, -0.2) is 4.98 Å². The molecule has 0 spiro atoms. The Kier molecular flexibility index (Phi) is 6.85. The molecule has 0 saturated heterocycles. The molecule has 0 aliphatic heterocycles. The predicted molar refractivity (Wildman–Crippen MR) is 105 cm³/mol. The van der Waals surface area contributed by atoms with Crippen molar-refractivity contribution in [3.63, 3.8) is 0 Å². The van der Waals surface area contributed by atoms with Crippen LogP contribution in [0.25, 0.3) is 11.6 Å². The minimum Gasteiger partial charge on any atom is -0.461 e. The molecule has 3 heterocycles. The molecule has 0 radical (unpaired) electrons. The van der Waals surface area contributed by atoms with Gasteiger partial charge >= 0.3 is 6.18 Å². The van der Waals surface area contributed by atoms with E-state index in [-0.39, 0.29) is 29.6 Å². The van der Waals surface area contributed by atoms with Crippen LogP contribution in [0.2, 0.25) is 5.02 Å². The average molecular weight is 475 g/mol. The van der Waals surface area contributed by atoms with Crippen LogP contribution >= 0.6 is 23.4 Å². The molecule has 9 nitrogen and oxygen atoms in total. The van der Waals surface area contributed by atoms with Gasteiger partial charge in [0.1, 0.15) is 0 Å². The van der Waals surface area contributed by atoms with Crippen molar-refractivity contribution in [2.45, 2.75) is 24.3 Å². The van der Waals surface area contributed by atoms with Gasteiger partial charge in [0.15, 0.2) is 22.6 Å². The Morgan fingerprint density at radius 1 is 1.32 bits per heavy atom. The Bertz CT molecular complexity index is 1090. The van der Waals surface area contributed by atoms with Crippen LogP contribution in [0.1, 0.15) is 12.0 Å². The van der Waals surface area contributed by atoms with Crippen molar-refractivity contribution >= 4 is 41.0 Å². The molecule has 0 aromatic carbocycles. The van der Waals surface area contributed by atoms with E-state index in [1.54, 1.807) is 16.7 Å². The molecule has 14 heteroatoms. The van der Waals surface area contributed by atoms with Crippen LogP contribution in [0.15, 0.2) is 40.2 Å². The number of rotatable bonds is 8. The number of alkyl halides is 3. The molecule has 31 heavy (non-hydrogen) atoms. The molecule has 0 atom stereocenters. The molecule has 2 amide bonds. The maximum absolute atomic E-state index is 12.7. The van der Waals surface area contributed by atoms with Crippen LogP contribution in [0.4, 0.5) is 19.0 Å². The Morgan fingerprint density at radius 3 is 2.71 bits per heavy atom. The third-order valence-electron chi connectivity index (χ3n) is 3.80. The van der Waals surface area contributed by atoms with Crippen LogP contribution in [0.5, 0.6) is 0 Å². The monoisotopic (exact) mass is 474 g/mol. The quantitative estimate of drug-likeness (QED) is 0.479. The number of primary amides is 1. The van der Waals surface area contributed by atoms with Gasteiger partial charge in [-0.05, 0) is 18.2 Å². The molecule has 3 rings (SSSR count). The lowest BCUT2D eigenvalue weighted by Gasteiger charge is -2.10. The lowest BCUT2D eigenvalue weighted by atomic mass is 10.3. The molecule has 164 valence electrons. The summed E-state index contributed by atoms with van der Waals surface area (Å²) in [5.74, 6) is -0.729. The molecule has 3 aromatic rings. The van der Waals surface area contributed by atoms with Crippen molar-refractivity contribution in [1.29, 1.82) is 0 Å². The van der Waals surface area contributed by atoms with Crippen molar-refractivity contribution in [1.82, 2.24) is 19.7 Å². The maximum Gasteiger partial charge on any atom is 0.417 e. The van der Waals surface area contributed by atoms with Crippen LogP contribution in [0.3, 0.4) is 0 Å². The van der Waals surface area contributed by atoms with E-state index in [1.807, 2.05) is 0 Å². The standard InChI is InChI=1S/C17H14ClF3N6O3S/c18-10-6-9(17(19,20)21)7-23-14(10)24-13(29)8-31-16-26-25-15(11-2-1-5-30-11)27(16)4-3-12(22)28/h1-2,5-7H,3-4,8H2,(H2,22,28)(H,23,24,29). The normalized spacial score (nSPS) is 11.5. The largest absolute Gasteiger partial charge is 0.461 e. The molecule has 0 aliphatic carbocycles. The summed E-state index contributed by atoms with van der Waals surface area (Å²) >= 11 is 6.78. The molecule has 0 bridgehead atoms. The highest BCUT2D eigenvalue weighted by atomic mass is 35.5. The van der Waals surface area contributed by atoms with E-state index in [2.05, 4.69) is 20.5 Å². The Balaban J connectivity index is 1.69. The number of amides is 2. The summed E-state index contributed by atoms with van der Waals surface area (Å²) in [6.07, 6.45) is -2.57. The smallest absolute Gasteiger partial charge is 0.417 e. The first-order valence-electron chi connectivity index (χ1n) is 8.56. The zero-order valence-electron chi connectivity index (χ0n) is 15.5. The second-order valence-corrected chi connectivity index (χ2v) is 7.39. The van der Waals surface area contributed by atoms with Crippen molar-refractivity contribution in [2.75, 3.05) is 11.1 Å². The summed E-state index contributed by atoms with van der Waals surface area (Å²) in [6, 6.07) is 3.99. The number of nitrogens with zero attached hydrogens (tertiary/aromatic N) is 4. The summed E-state index contributed by atoms with van der Waals surface area (Å²) in [5, 5.41) is 10.3. The lowest BCUT2D eigenvalue weighted by Crippen LogP contribution is -2.17. The van der Waals surface area contributed by atoms with Crippen LogP contribution in [-0.4, -0.2) is 37.3 Å². The topological polar surface area (TPSA) is 129 Å². The second kappa shape index (κ2) is 9.39. The van der Waals surface area contributed by atoms with Crippen molar-refractivity contribution < 1.29 is 27.2 Å². The zero-order valence-corrected chi connectivity index (χ0v) is 17.1. The number of hydrogen-bond donors (Lipinski definition) is 2. The first kappa shape index (κ1) is 22.6. The van der Waals surface area contributed by atoms with Gasteiger partial charge in [-0.1, -0.05) is 23.4 Å². The van der Waals surface area contributed by atoms with E-state index in [0.717, 1.165) is 11.8 Å². The molecular formula is C17H14ClF3N6O3S. The van der Waals surface area contributed by atoms with Crippen molar-refractivity contribution in [3.05, 3.63) is 41.2 Å². The number of thioether (sulfide) groups is 1. The summed E-state index contributed by atoms with van der Waals surface area (Å²) in [4.78, 5) is 27.0. The van der Waals surface area contributed by atoms with Crippen LogP contribution in [0, 0.1) is 0 Å². The molecule has 0 fully saturated rings. The van der Waals surface area contributed by atoms with Gasteiger partial charge in [-0.3, -0.25) is 14.2 Å². The second-order valence-electron chi connectivity index (χ2n) is 6.04. The van der Waals surface area contributed by atoms with Gasteiger partial charge in [-0.2, -0.15) is 13.2 Å². The maximum atomic E-state index is 12.7. The van der Waals surface area contributed by atoms with Gasteiger partial charge in [0, 0.05) is 19.2 Å². The Morgan fingerprint density at radius 2 is 2.10 bits per heavy atom. The van der Waals surface area contributed by atoms with E-state index < -0.39 is 23.6 Å². The first-order chi connectivity index (χ1) is 14.6. The van der Waals surface area contributed by atoms with Gasteiger partial charge in [0.2, 0.25) is 11.8 Å². The number of hydrogen-bond acceptors (Lipinski definition) is 7. The molecule has 3 N–H and O–H groups in total. The minimum atomic E-state index is -4.60. The number of nitrogens with one attached hydrogen (secondary N) is 1. The van der Waals surface area contributed by atoms with E-state index in [1.165, 1.54) is 6.26 Å². The lowest BCUT2D eigenvalue weighted by molar-refractivity contribution is -0.137. The molecule has 0 saturated carbocycles. The molecule has 0 unspecified atom stereocenters. The van der Waals surface area contributed by atoms with Gasteiger partial charge < -0.3 is 15.5 Å². The first-order valence-corrected chi connectivity index (χ1v) is 9.92. The predicted octanol–water partition coefficient (Wildman–Crippen LogP) is 3.21. The van der Waals surface area contributed by atoms with E-state index in [4.69, 9.17) is 21.8 Å². The van der Waals surface area contributed by atoms with Crippen molar-refractivity contribution in [2.24, 2.45) is 5.73 Å². The fourth-order valence-electron chi connectivity index (χ4n) is 2.39. The zero-order chi connectivity index (χ0) is 22.6. The highest BCUT2D eigenvalue weighted by Crippen LogP contribution is 2.32. The van der Waals surface area contributed by atoms with Gasteiger partial charge in [0.05, 0.1) is 22.6 Å². The molecule has 0 aliphatic rings. The van der Waals surface area contributed by atoms with Gasteiger partial charge in [0.25, 0.3) is 0 Å². The highest BCUT2D eigenvalue weighted by Gasteiger charge is 2.31. The number of carbonyl (C=O) groups excluding carboxylic acids is 2. The SMILES string of the molecule is NC(=O)CCn1c(SCC(=O)Nc2ncc(C(F)(F)F)cc2Cl)nnc1-c1ccco1. The summed E-state index contributed by atoms with van der Waals surface area (Å²) in [6.45, 7) is 0.161. The third kappa shape index (κ3) is 5.76. The van der Waals surface area contributed by atoms with Crippen LogP contribution < -0.4 is 11.1 Å². The number of nitrogens with two attached hydrogens (primary N) is 1. The van der Waals surface area contributed by atoms with Crippen LogP contribution in [-0.2, 0) is 22.3 Å². The fourth-order valence-corrected chi connectivity index (χ4v) is 3.37. The summed E-state index contributed by atoms with van der Waals surface area (Å²) in [7, 11) is 0. The minimum absolute atomic E-state index is 0.0105. The highest BCUT2D eigenvalue weighted by molar-refractivity contribution is 7.99. The Hall–Kier alpha value is -3.06. The number of furan rings is 1. The fraction of sp³-hybridized carbons (Fsp3) is 0.235. The van der Waals surface area contributed by atoms with Gasteiger partial charge in [-0.15, -0.1) is 10.2 Å². The van der Waals surface area contributed by atoms with Crippen molar-refractivity contribution in [3.8, 4) is 11.6 Å². The average Bonchev–Trinajstić information content (AvgIpc) is 3.34. The third-order valence-corrected chi connectivity index (χ3v) is 5.05. The molecular weight excluding hydrogens is 461 g/mol. The number of aromatic nitrogens is 4. The number of carbonyl (C=O) groups is 2. The van der Waals surface area contributed by atoms with E-state index in [9.17, 15) is 22.8 Å².